The van der Waals surface area contributed by atoms with Crippen LogP contribution in [-0.4, -0.2) is 13.2 Å². The molecule has 0 atom stereocenters. The lowest BCUT2D eigenvalue weighted by Gasteiger charge is -2.13. The maximum absolute atomic E-state index is 6.09. The van der Waals surface area contributed by atoms with Gasteiger partial charge in [-0.2, -0.15) is 0 Å². The van der Waals surface area contributed by atoms with E-state index in [1.165, 1.54) is 12.8 Å². The molecule has 2 aromatic carbocycles. The first kappa shape index (κ1) is 14.2. The Bertz CT molecular complexity index is 626. The zero-order chi connectivity index (χ0) is 14.7. The van der Waals surface area contributed by atoms with Crippen molar-refractivity contribution in [1.29, 1.82) is 0 Å². The second kappa shape index (κ2) is 6.37. The Morgan fingerprint density at radius 3 is 2.71 bits per heavy atom. The molecule has 0 unspecified atom stereocenters. The van der Waals surface area contributed by atoms with Gasteiger partial charge in [-0.05, 0) is 37.1 Å². The molecule has 110 valence electrons. The van der Waals surface area contributed by atoms with E-state index in [0.29, 0.717) is 11.1 Å². The minimum Gasteiger partial charge on any atom is -0.497 e. The summed E-state index contributed by atoms with van der Waals surface area (Å²) in [5.74, 6) is 2.29. The second-order valence-corrected chi connectivity index (χ2v) is 5.62. The summed E-state index contributed by atoms with van der Waals surface area (Å²) in [6.07, 6.45) is 2.53. The molecular formula is C17H18ClNO2. The van der Waals surface area contributed by atoms with Gasteiger partial charge >= 0.3 is 0 Å². The molecule has 0 saturated heterocycles. The molecule has 1 saturated carbocycles. The Morgan fingerprint density at radius 2 is 1.95 bits per heavy atom. The topological polar surface area (TPSA) is 30.5 Å². The van der Waals surface area contributed by atoms with Crippen LogP contribution in [0.4, 0.5) is 0 Å². The highest BCUT2D eigenvalue weighted by atomic mass is 35.5. The van der Waals surface area contributed by atoms with Crippen LogP contribution < -0.4 is 14.8 Å². The van der Waals surface area contributed by atoms with Gasteiger partial charge in [-0.3, -0.25) is 0 Å². The Hall–Kier alpha value is -1.71. The molecule has 0 amide bonds. The highest BCUT2D eigenvalue weighted by molar-refractivity contribution is 6.30. The molecule has 21 heavy (non-hydrogen) atoms. The number of benzene rings is 2. The van der Waals surface area contributed by atoms with E-state index in [2.05, 4.69) is 5.32 Å². The van der Waals surface area contributed by atoms with Crippen LogP contribution >= 0.6 is 11.6 Å². The molecule has 1 aliphatic carbocycles. The average Bonchev–Trinajstić information content (AvgIpc) is 3.31. The standard InChI is InChI=1S/C17H18ClNO2/c1-20-15-3-2-4-16(10-15)21-17-9-13(18)6-5-12(17)11-19-14-7-8-14/h2-6,9-10,14,19H,7-8,11H2,1H3. The van der Waals surface area contributed by atoms with Crippen LogP contribution in [0.1, 0.15) is 18.4 Å². The molecule has 1 fully saturated rings. The smallest absolute Gasteiger partial charge is 0.133 e. The molecule has 4 heteroatoms. The van der Waals surface area contributed by atoms with E-state index >= 15 is 0 Å². The third kappa shape index (κ3) is 3.90. The van der Waals surface area contributed by atoms with E-state index in [-0.39, 0.29) is 0 Å². The third-order valence-corrected chi connectivity index (χ3v) is 3.69. The van der Waals surface area contributed by atoms with E-state index in [9.17, 15) is 0 Å². The highest BCUT2D eigenvalue weighted by Crippen LogP contribution is 2.31. The number of ether oxygens (including phenoxy) is 2. The largest absolute Gasteiger partial charge is 0.497 e. The van der Waals surface area contributed by atoms with Gasteiger partial charge in [-0.25, -0.2) is 0 Å². The molecule has 2 aromatic rings. The monoisotopic (exact) mass is 303 g/mol. The second-order valence-electron chi connectivity index (χ2n) is 5.19. The maximum Gasteiger partial charge on any atom is 0.133 e. The van der Waals surface area contributed by atoms with E-state index in [0.717, 1.165) is 29.4 Å². The minimum absolute atomic E-state index is 0.658. The maximum atomic E-state index is 6.09. The predicted molar refractivity (Wildman–Crippen MR) is 84.4 cm³/mol. The average molecular weight is 304 g/mol. The van der Waals surface area contributed by atoms with Crippen LogP contribution in [0.15, 0.2) is 42.5 Å². The first-order valence-corrected chi connectivity index (χ1v) is 7.46. The zero-order valence-corrected chi connectivity index (χ0v) is 12.7. The first-order chi connectivity index (χ1) is 10.2. The van der Waals surface area contributed by atoms with Crippen molar-refractivity contribution in [1.82, 2.24) is 5.32 Å². The molecule has 0 radical (unpaired) electrons. The molecule has 3 rings (SSSR count). The lowest BCUT2D eigenvalue weighted by molar-refractivity contribution is 0.408. The van der Waals surface area contributed by atoms with E-state index in [1.54, 1.807) is 7.11 Å². The summed E-state index contributed by atoms with van der Waals surface area (Å²) in [5.41, 5.74) is 1.11. The number of hydrogen-bond acceptors (Lipinski definition) is 3. The minimum atomic E-state index is 0.658. The fourth-order valence-corrected chi connectivity index (χ4v) is 2.26. The van der Waals surface area contributed by atoms with E-state index in [1.807, 2.05) is 42.5 Å². The van der Waals surface area contributed by atoms with Gasteiger partial charge in [0.2, 0.25) is 0 Å². The van der Waals surface area contributed by atoms with Crippen LogP contribution in [-0.2, 0) is 6.54 Å². The SMILES string of the molecule is COc1cccc(Oc2cc(Cl)ccc2CNC2CC2)c1. The van der Waals surface area contributed by atoms with Crippen molar-refractivity contribution >= 4 is 11.6 Å². The lowest BCUT2D eigenvalue weighted by atomic mass is 10.2. The summed E-state index contributed by atoms with van der Waals surface area (Å²) in [4.78, 5) is 0. The van der Waals surface area contributed by atoms with Crippen LogP contribution in [0.5, 0.6) is 17.2 Å². The van der Waals surface area contributed by atoms with Crippen molar-refractivity contribution in [3.8, 4) is 17.2 Å². The van der Waals surface area contributed by atoms with Gasteiger partial charge in [-0.1, -0.05) is 23.7 Å². The van der Waals surface area contributed by atoms with Gasteiger partial charge < -0.3 is 14.8 Å². The van der Waals surface area contributed by atoms with Crippen LogP contribution in [0.25, 0.3) is 0 Å². The first-order valence-electron chi connectivity index (χ1n) is 7.08. The van der Waals surface area contributed by atoms with Crippen LogP contribution in [0.3, 0.4) is 0 Å². The molecule has 0 bridgehead atoms. The van der Waals surface area contributed by atoms with Crippen molar-refractivity contribution in [2.75, 3.05) is 7.11 Å². The van der Waals surface area contributed by atoms with Crippen molar-refractivity contribution in [3.05, 3.63) is 53.1 Å². The Balaban J connectivity index is 1.79. The van der Waals surface area contributed by atoms with Gasteiger partial charge in [0.15, 0.2) is 0 Å². The van der Waals surface area contributed by atoms with Crippen molar-refractivity contribution in [2.45, 2.75) is 25.4 Å². The highest BCUT2D eigenvalue weighted by Gasteiger charge is 2.20. The quantitative estimate of drug-likeness (QED) is 0.858. The molecule has 0 aromatic heterocycles. The fourth-order valence-electron chi connectivity index (χ4n) is 2.10. The van der Waals surface area contributed by atoms with E-state index < -0.39 is 0 Å². The predicted octanol–water partition coefficient (Wildman–Crippen LogP) is 4.39. The molecule has 0 heterocycles. The summed E-state index contributed by atoms with van der Waals surface area (Å²) in [5, 5.41) is 4.16. The summed E-state index contributed by atoms with van der Waals surface area (Å²) in [7, 11) is 1.64. The van der Waals surface area contributed by atoms with Gasteiger partial charge in [0.1, 0.15) is 17.2 Å². The fraction of sp³-hybridized carbons (Fsp3) is 0.294. The molecule has 1 N–H and O–H groups in total. The van der Waals surface area contributed by atoms with Gasteiger partial charge in [0, 0.05) is 29.2 Å². The Labute approximate surface area is 129 Å². The number of rotatable bonds is 6. The summed E-state index contributed by atoms with van der Waals surface area (Å²) < 4.78 is 11.2. The molecule has 0 aliphatic heterocycles. The summed E-state index contributed by atoms with van der Waals surface area (Å²) in [6.45, 7) is 0.793. The Morgan fingerprint density at radius 1 is 1.14 bits per heavy atom. The molecule has 3 nitrogen and oxygen atoms in total. The third-order valence-electron chi connectivity index (χ3n) is 3.46. The van der Waals surface area contributed by atoms with Crippen molar-refractivity contribution in [3.63, 3.8) is 0 Å². The number of halogens is 1. The number of methoxy groups -OCH3 is 1. The summed E-state index contributed by atoms with van der Waals surface area (Å²) >= 11 is 6.09. The normalized spacial score (nSPS) is 14.0. The van der Waals surface area contributed by atoms with Crippen molar-refractivity contribution < 1.29 is 9.47 Å². The molecule has 1 aliphatic rings. The molecular weight excluding hydrogens is 286 g/mol. The van der Waals surface area contributed by atoms with E-state index in [4.69, 9.17) is 21.1 Å². The van der Waals surface area contributed by atoms with Crippen LogP contribution in [0, 0.1) is 0 Å². The Kier molecular flexibility index (Phi) is 4.32. The summed E-state index contributed by atoms with van der Waals surface area (Å²) in [6, 6.07) is 14.0. The van der Waals surface area contributed by atoms with Crippen LogP contribution in [0.2, 0.25) is 5.02 Å². The van der Waals surface area contributed by atoms with Gasteiger partial charge in [-0.15, -0.1) is 0 Å². The van der Waals surface area contributed by atoms with Crippen molar-refractivity contribution in [2.24, 2.45) is 0 Å². The van der Waals surface area contributed by atoms with Gasteiger partial charge in [0.25, 0.3) is 0 Å². The molecule has 0 spiro atoms. The number of hydrogen-bond donors (Lipinski definition) is 1. The van der Waals surface area contributed by atoms with Gasteiger partial charge in [0.05, 0.1) is 7.11 Å². The zero-order valence-electron chi connectivity index (χ0n) is 11.9. The lowest BCUT2D eigenvalue weighted by Crippen LogP contribution is -2.15. The number of nitrogens with one attached hydrogen (secondary N) is 1.